The number of hydrogen-bond donors (Lipinski definition) is 1. The molecule has 1 N–H and O–H groups in total. The molecular weight excluding hydrogens is 364 g/mol. The van der Waals surface area contributed by atoms with E-state index in [2.05, 4.69) is 49.8 Å². The molecule has 0 aliphatic carbocycles. The Bertz CT molecular complexity index is 759. The third-order valence-electron chi connectivity index (χ3n) is 4.29. The molecule has 0 unspecified atom stereocenters. The molecule has 0 spiro atoms. The third kappa shape index (κ3) is 3.44. The lowest BCUT2D eigenvalue weighted by molar-refractivity contribution is 0.277. The predicted molar refractivity (Wildman–Crippen MR) is 93.8 cm³/mol. The van der Waals surface area contributed by atoms with Gasteiger partial charge in [0.25, 0.3) is 0 Å². The Morgan fingerprint density at radius 1 is 1.27 bits per heavy atom. The first-order valence-electron chi connectivity index (χ1n) is 7.10. The van der Waals surface area contributed by atoms with E-state index in [-0.39, 0.29) is 10.8 Å². The van der Waals surface area contributed by atoms with E-state index in [1.165, 1.54) is 12.1 Å². The SMILES string of the molecule is CC(C)(C)[Si](C)(C)OCc1cc(=O)oc2cc(O)c(Br)cc12. The Hall–Kier alpha value is -1.11. The second-order valence-electron chi connectivity index (χ2n) is 6.94. The van der Waals surface area contributed by atoms with E-state index in [9.17, 15) is 9.90 Å². The van der Waals surface area contributed by atoms with Crippen LogP contribution in [0.25, 0.3) is 11.0 Å². The molecule has 0 amide bonds. The molecule has 22 heavy (non-hydrogen) atoms. The molecule has 0 saturated heterocycles. The van der Waals surface area contributed by atoms with Crippen molar-refractivity contribution in [2.45, 2.75) is 45.5 Å². The smallest absolute Gasteiger partial charge is 0.336 e. The number of phenolic OH excluding ortho intramolecular Hbond substituents is 1. The highest BCUT2D eigenvalue weighted by Gasteiger charge is 2.37. The van der Waals surface area contributed by atoms with E-state index >= 15 is 0 Å². The molecule has 0 aliphatic rings. The van der Waals surface area contributed by atoms with Gasteiger partial charge >= 0.3 is 5.63 Å². The Kier molecular flexibility index (Phi) is 4.57. The molecule has 1 heterocycles. The van der Waals surface area contributed by atoms with Gasteiger partial charge in [-0.15, -0.1) is 0 Å². The first-order chi connectivity index (χ1) is 10.0. The molecule has 0 radical (unpaired) electrons. The standard InChI is InChI=1S/C16H21BrO4Si/c1-16(2,3)22(4,5)20-9-10-6-15(19)21-14-8-13(18)12(17)7-11(10)14/h6-8,18H,9H2,1-5H3. The van der Waals surface area contributed by atoms with Gasteiger partial charge < -0.3 is 13.9 Å². The van der Waals surface area contributed by atoms with Gasteiger partial charge in [0.05, 0.1) is 11.1 Å². The first-order valence-corrected chi connectivity index (χ1v) is 10.8. The molecule has 120 valence electrons. The summed E-state index contributed by atoms with van der Waals surface area (Å²) in [6.45, 7) is 11.2. The van der Waals surface area contributed by atoms with Crippen LogP contribution in [0.3, 0.4) is 0 Å². The van der Waals surface area contributed by atoms with Crippen LogP contribution in [0.15, 0.2) is 31.9 Å². The number of rotatable bonds is 3. The van der Waals surface area contributed by atoms with Gasteiger partial charge in [-0.2, -0.15) is 0 Å². The maximum absolute atomic E-state index is 11.7. The highest BCUT2D eigenvalue weighted by atomic mass is 79.9. The molecule has 0 bridgehead atoms. The second-order valence-corrected chi connectivity index (χ2v) is 12.6. The molecule has 2 rings (SSSR count). The Morgan fingerprint density at radius 2 is 1.91 bits per heavy atom. The van der Waals surface area contributed by atoms with Gasteiger partial charge in [0.15, 0.2) is 8.32 Å². The molecule has 6 heteroatoms. The van der Waals surface area contributed by atoms with Crippen molar-refractivity contribution in [3.63, 3.8) is 0 Å². The van der Waals surface area contributed by atoms with Crippen LogP contribution in [0.2, 0.25) is 18.1 Å². The van der Waals surface area contributed by atoms with E-state index in [0.717, 1.165) is 10.9 Å². The molecule has 4 nitrogen and oxygen atoms in total. The lowest BCUT2D eigenvalue weighted by atomic mass is 10.1. The highest BCUT2D eigenvalue weighted by molar-refractivity contribution is 9.10. The van der Waals surface area contributed by atoms with E-state index in [1.807, 2.05) is 0 Å². The summed E-state index contributed by atoms with van der Waals surface area (Å²) in [5.41, 5.74) is 0.696. The minimum atomic E-state index is -1.91. The van der Waals surface area contributed by atoms with E-state index in [4.69, 9.17) is 8.84 Å². The van der Waals surface area contributed by atoms with Crippen LogP contribution in [-0.2, 0) is 11.0 Å². The quantitative estimate of drug-likeness (QED) is 0.610. The predicted octanol–water partition coefficient (Wildman–Crippen LogP) is 4.78. The van der Waals surface area contributed by atoms with Crippen molar-refractivity contribution < 1.29 is 13.9 Å². The normalized spacial score (nSPS) is 12.8. The fourth-order valence-electron chi connectivity index (χ4n) is 1.83. The van der Waals surface area contributed by atoms with Gasteiger partial charge in [-0.1, -0.05) is 20.8 Å². The summed E-state index contributed by atoms with van der Waals surface area (Å²) < 4.78 is 11.9. The molecule has 0 atom stereocenters. The number of phenols is 1. The van der Waals surface area contributed by atoms with E-state index in [0.29, 0.717) is 16.7 Å². The van der Waals surface area contributed by atoms with Crippen LogP contribution in [0.1, 0.15) is 26.3 Å². The van der Waals surface area contributed by atoms with Crippen molar-refractivity contribution >= 4 is 35.2 Å². The average Bonchev–Trinajstić information content (AvgIpc) is 2.37. The van der Waals surface area contributed by atoms with Gasteiger partial charge in [-0.05, 0) is 45.7 Å². The lowest BCUT2D eigenvalue weighted by Gasteiger charge is -2.36. The van der Waals surface area contributed by atoms with Gasteiger partial charge in [-0.3, -0.25) is 0 Å². The highest BCUT2D eigenvalue weighted by Crippen LogP contribution is 2.37. The Balaban J connectivity index is 2.44. The number of hydrogen-bond acceptors (Lipinski definition) is 4. The zero-order valence-corrected chi connectivity index (χ0v) is 16.1. The van der Waals surface area contributed by atoms with E-state index in [1.54, 1.807) is 6.07 Å². The summed E-state index contributed by atoms with van der Waals surface area (Å²) in [6, 6.07) is 4.65. The molecule has 1 aromatic heterocycles. The Labute approximate surface area is 139 Å². The summed E-state index contributed by atoms with van der Waals surface area (Å²) in [6.07, 6.45) is 0. The third-order valence-corrected chi connectivity index (χ3v) is 9.41. The summed E-state index contributed by atoms with van der Waals surface area (Å²) in [5.74, 6) is 0.0399. The van der Waals surface area contributed by atoms with Crippen LogP contribution in [0.4, 0.5) is 0 Å². The van der Waals surface area contributed by atoms with Crippen molar-refractivity contribution in [2.24, 2.45) is 0 Å². The minimum absolute atomic E-state index is 0.0399. The van der Waals surface area contributed by atoms with Crippen LogP contribution in [0.5, 0.6) is 5.75 Å². The van der Waals surface area contributed by atoms with Gasteiger partial charge in [0.2, 0.25) is 0 Å². The molecular formula is C16H21BrO4Si. The molecule has 0 saturated carbocycles. The lowest BCUT2D eigenvalue weighted by Crippen LogP contribution is -2.40. The van der Waals surface area contributed by atoms with Gasteiger partial charge in [0, 0.05) is 17.5 Å². The zero-order chi connectivity index (χ0) is 16.7. The van der Waals surface area contributed by atoms with Gasteiger partial charge in [0.1, 0.15) is 11.3 Å². The topological polar surface area (TPSA) is 59.7 Å². The summed E-state index contributed by atoms with van der Waals surface area (Å²) in [7, 11) is -1.91. The van der Waals surface area contributed by atoms with Gasteiger partial charge in [-0.25, -0.2) is 4.79 Å². The maximum Gasteiger partial charge on any atom is 0.336 e. The van der Waals surface area contributed by atoms with Crippen LogP contribution in [-0.4, -0.2) is 13.4 Å². The zero-order valence-electron chi connectivity index (χ0n) is 13.5. The number of aromatic hydroxyl groups is 1. The molecule has 0 aliphatic heterocycles. The minimum Gasteiger partial charge on any atom is -0.507 e. The maximum atomic E-state index is 11.7. The molecule has 2 aromatic rings. The van der Waals surface area contributed by atoms with Crippen LogP contribution in [0, 0.1) is 0 Å². The summed E-state index contributed by atoms with van der Waals surface area (Å²) in [4.78, 5) is 11.7. The second kappa shape index (κ2) is 5.83. The van der Waals surface area contributed by atoms with Crippen molar-refractivity contribution in [1.82, 2.24) is 0 Å². The van der Waals surface area contributed by atoms with Crippen LogP contribution < -0.4 is 5.63 Å². The largest absolute Gasteiger partial charge is 0.507 e. The summed E-state index contributed by atoms with van der Waals surface area (Å²) in [5, 5.41) is 10.6. The van der Waals surface area contributed by atoms with Crippen LogP contribution >= 0.6 is 15.9 Å². The van der Waals surface area contributed by atoms with E-state index < -0.39 is 13.9 Å². The monoisotopic (exact) mass is 384 g/mol. The fraction of sp³-hybridized carbons (Fsp3) is 0.438. The van der Waals surface area contributed by atoms with Crippen molar-refractivity contribution in [2.75, 3.05) is 0 Å². The number of benzene rings is 1. The fourth-order valence-corrected chi connectivity index (χ4v) is 3.12. The van der Waals surface area contributed by atoms with Crippen molar-refractivity contribution in [1.29, 1.82) is 0 Å². The molecule has 0 fully saturated rings. The number of fused-ring (bicyclic) bond motifs is 1. The summed E-state index contributed by atoms with van der Waals surface area (Å²) >= 11 is 3.29. The van der Waals surface area contributed by atoms with Crippen molar-refractivity contribution in [3.05, 3.63) is 38.7 Å². The Morgan fingerprint density at radius 3 is 2.50 bits per heavy atom. The molecule has 1 aromatic carbocycles. The van der Waals surface area contributed by atoms with Crippen molar-refractivity contribution in [3.8, 4) is 5.75 Å². The average molecular weight is 385 g/mol. The number of halogens is 1. The first kappa shape index (κ1) is 17.2.